The highest BCUT2D eigenvalue weighted by Crippen LogP contribution is 2.34. The molecule has 0 aromatic rings. The van der Waals surface area contributed by atoms with E-state index in [1.165, 1.54) is 141 Å². The van der Waals surface area contributed by atoms with Gasteiger partial charge < -0.3 is 100 Å². The first-order valence-electron chi connectivity index (χ1n) is 33.5. The maximum Gasteiger partial charge on any atom is 0.249 e. The Labute approximate surface area is 508 Å². The Morgan fingerprint density at radius 3 is 1.22 bits per heavy atom. The summed E-state index contributed by atoms with van der Waals surface area (Å²) in [7, 11) is 0. The average molecular weight is 1230 g/mol. The summed E-state index contributed by atoms with van der Waals surface area (Å²) in [6.45, 7) is 2.28. The van der Waals surface area contributed by atoms with Crippen LogP contribution in [0.1, 0.15) is 245 Å². The zero-order valence-corrected chi connectivity index (χ0v) is 52.2. The van der Waals surface area contributed by atoms with Crippen molar-refractivity contribution in [1.82, 2.24) is 10.6 Å². The Balaban J connectivity index is 1.71. The van der Waals surface area contributed by atoms with Gasteiger partial charge in [-0.15, -0.1) is 0 Å². The van der Waals surface area contributed by atoms with Gasteiger partial charge in [0.05, 0.1) is 38.6 Å². The third-order valence-electron chi connectivity index (χ3n) is 17.3. The van der Waals surface area contributed by atoms with Crippen molar-refractivity contribution in [2.75, 3.05) is 26.4 Å². The summed E-state index contributed by atoms with van der Waals surface area (Å²) in [6.07, 6.45) is 9.13. The van der Waals surface area contributed by atoms with Gasteiger partial charge in [0.1, 0.15) is 85.4 Å². The van der Waals surface area contributed by atoms with Crippen molar-refractivity contribution in [3.05, 3.63) is 0 Å². The molecule has 22 nitrogen and oxygen atoms in total. The quantitative estimate of drug-likeness (QED) is 0.0362. The van der Waals surface area contributed by atoms with Crippen molar-refractivity contribution in [1.29, 1.82) is 0 Å². The Hall–Kier alpha value is -1.78. The molecule has 3 aliphatic heterocycles. The van der Waals surface area contributed by atoms with E-state index in [1.807, 2.05) is 0 Å². The van der Waals surface area contributed by atoms with Crippen LogP contribution in [-0.2, 0) is 38.0 Å². The Kier molecular flexibility index (Phi) is 42.2. The number of carbonyl (C=O) groups is 2. The minimum Gasteiger partial charge on any atom is -0.394 e. The van der Waals surface area contributed by atoms with Crippen molar-refractivity contribution >= 4 is 11.8 Å². The van der Waals surface area contributed by atoms with Gasteiger partial charge in [-0.1, -0.05) is 226 Å². The lowest BCUT2D eigenvalue weighted by Crippen LogP contribution is -2.69. The van der Waals surface area contributed by atoms with Crippen LogP contribution in [0.25, 0.3) is 0 Å². The molecule has 502 valence electrons. The van der Waals surface area contributed by atoms with Gasteiger partial charge in [-0.25, -0.2) is 0 Å². The van der Waals surface area contributed by atoms with Crippen molar-refractivity contribution in [2.45, 2.75) is 362 Å². The van der Waals surface area contributed by atoms with Crippen LogP contribution in [0.4, 0.5) is 0 Å². The molecule has 0 spiro atoms. The Morgan fingerprint density at radius 1 is 0.435 bits per heavy atom. The number of carbonyl (C=O) groups excluding carboxylic acids is 2. The maximum atomic E-state index is 13.8. The molecule has 19 atom stereocenters. The molecule has 2 amide bonds. The van der Waals surface area contributed by atoms with E-state index in [-0.39, 0.29) is 12.8 Å². The number of nitrogens with one attached hydrogen (secondary N) is 2. The molecular formula is C63H120N2O20. The minimum absolute atomic E-state index is 0.122. The molecule has 0 aromatic carbocycles. The predicted molar refractivity (Wildman–Crippen MR) is 319 cm³/mol. The second-order valence-electron chi connectivity index (χ2n) is 24.6. The summed E-state index contributed by atoms with van der Waals surface area (Å²) in [6, 6.07) is -3.01. The molecule has 14 N–H and O–H groups in total. The van der Waals surface area contributed by atoms with E-state index in [0.29, 0.717) is 12.8 Å². The Morgan fingerprint density at radius 2 is 0.800 bits per heavy atom. The topological polar surface area (TPSA) is 356 Å². The van der Waals surface area contributed by atoms with E-state index < -0.39 is 155 Å². The molecule has 0 unspecified atom stereocenters. The molecule has 85 heavy (non-hydrogen) atoms. The van der Waals surface area contributed by atoms with Crippen molar-refractivity contribution in [3.63, 3.8) is 0 Å². The van der Waals surface area contributed by atoms with Gasteiger partial charge in [0, 0.05) is 6.92 Å². The van der Waals surface area contributed by atoms with Gasteiger partial charge in [0.2, 0.25) is 11.8 Å². The van der Waals surface area contributed by atoms with E-state index in [1.54, 1.807) is 0 Å². The molecule has 3 fully saturated rings. The third-order valence-corrected chi connectivity index (χ3v) is 17.3. The van der Waals surface area contributed by atoms with Crippen LogP contribution in [0.3, 0.4) is 0 Å². The molecule has 0 radical (unpaired) electrons. The zero-order valence-electron chi connectivity index (χ0n) is 52.2. The second kappa shape index (κ2) is 46.3. The van der Waals surface area contributed by atoms with E-state index in [4.69, 9.17) is 28.4 Å². The van der Waals surface area contributed by atoms with Crippen molar-refractivity contribution in [2.24, 2.45) is 0 Å². The molecule has 22 heteroatoms. The number of amides is 2. The van der Waals surface area contributed by atoms with E-state index in [2.05, 4.69) is 24.5 Å². The van der Waals surface area contributed by atoms with E-state index in [9.17, 15) is 70.9 Å². The largest absolute Gasteiger partial charge is 0.394 e. The van der Waals surface area contributed by atoms with Crippen LogP contribution in [0, 0.1) is 0 Å². The van der Waals surface area contributed by atoms with Crippen LogP contribution < -0.4 is 10.6 Å². The average Bonchev–Trinajstić information content (AvgIpc) is 1.60. The summed E-state index contributed by atoms with van der Waals surface area (Å²) in [5, 5.41) is 136. The van der Waals surface area contributed by atoms with Crippen molar-refractivity contribution in [3.8, 4) is 0 Å². The monoisotopic (exact) mass is 1220 g/mol. The number of aliphatic hydroxyl groups excluding tert-OH is 12. The molecule has 3 heterocycles. The lowest BCUT2D eigenvalue weighted by atomic mass is 9.95. The fraction of sp³-hybridized carbons (Fsp3) is 0.968. The number of unbranched alkanes of at least 4 members (excludes halogenated alkanes) is 31. The predicted octanol–water partition coefficient (Wildman–Crippen LogP) is 4.86. The number of hydrogen-bond donors (Lipinski definition) is 14. The molecule has 0 aliphatic carbocycles. The fourth-order valence-electron chi connectivity index (χ4n) is 11.8. The molecule has 0 bridgehead atoms. The number of aliphatic hydroxyl groups is 12. The van der Waals surface area contributed by atoms with Crippen LogP contribution in [0.5, 0.6) is 0 Å². The Bertz CT molecular complexity index is 1660. The first-order chi connectivity index (χ1) is 41.0. The normalized spacial score (nSPS) is 29.6. The summed E-state index contributed by atoms with van der Waals surface area (Å²) in [5.41, 5.74) is 0. The summed E-state index contributed by atoms with van der Waals surface area (Å²) in [5.74, 6) is -1.56. The fourth-order valence-corrected chi connectivity index (χ4v) is 11.8. The lowest BCUT2D eigenvalue weighted by Gasteiger charge is -2.49. The molecule has 3 rings (SSSR count). The van der Waals surface area contributed by atoms with E-state index in [0.717, 1.165) is 64.7 Å². The van der Waals surface area contributed by atoms with Gasteiger partial charge in [0.25, 0.3) is 0 Å². The molecule has 0 aromatic heterocycles. The van der Waals surface area contributed by atoms with Crippen LogP contribution in [0.15, 0.2) is 0 Å². The minimum atomic E-state index is -2.03. The van der Waals surface area contributed by atoms with Gasteiger partial charge in [-0.2, -0.15) is 0 Å². The molecule has 0 saturated carbocycles. The number of ether oxygens (including phenoxy) is 6. The maximum absolute atomic E-state index is 13.8. The lowest BCUT2D eigenvalue weighted by molar-refractivity contribution is -0.387. The highest BCUT2D eigenvalue weighted by molar-refractivity contribution is 5.80. The van der Waals surface area contributed by atoms with Crippen molar-refractivity contribution < 1.29 is 99.3 Å². The number of hydrogen-bond acceptors (Lipinski definition) is 20. The highest BCUT2D eigenvalue weighted by Gasteiger charge is 2.55. The van der Waals surface area contributed by atoms with Gasteiger partial charge >= 0.3 is 0 Å². The number of rotatable bonds is 50. The SMILES string of the molecule is CCCCCCCCCCCCCCCCCCCCCC[C@@H](O)C(=O)N[C@@H](CO[C@H]1O[C@H](CO)[C@H](O)[C@H](O[C@H]2O[C@H](CO)[C@H](O)[C@H](O)[C@H]2NC(C)=O)[C@H]1O[C@H]1O[C@H](CO)[C@@H](O)[C@H](O)[C@H]1O)[C@H](O)[C@H](O)CCCCCCCCCCCCCCC. The summed E-state index contributed by atoms with van der Waals surface area (Å²) >= 11 is 0. The third kappa shape index (κ3) is 29.4. The highest BCUT2D eigenvalue weighted by atomic mass is 16.8. The van der Waals surface area contributed by atoms with Gasteiger partial charge in [0.15, 0.2) is 18.9 Å². The smallest absolute Gasteiger partial charge is 0.249 e. The summed E-state index contributed by atoms with van der Waals surface area (Å²) < 4.78 is 36.0. The first kappa shape index (κ1) is 77.5. The molecule has 3 saturated heterocycles. The zero-order chi connectivity index (χ0) is 62.4. The molecule has 3 aliphatic rings. The van der Waals surface area contributed by atoms with E-state index >= 15 is 0 Å². The molecular weight excluding hydrogens is 1100 g/mol. The van der Waals surface area contributed by atoms with Crippen LogP contribution in [-0.4, -0.2) is 216 Å². The van der Waals surface area contributed by atoms with Crippen LogP contribution in [0.2, 0.25) is 0 Å². The van der Waals surface area contributed by atoms with Crippen LogP contribution >= 0.6 is 0 Å². The summed E-state index contributed by atoms with van der Waals surface area (Å²) in [4.78, 5) is 26.2. The van der Waals surface area contributed by atoms with Gasteiger partial charge in [-0.3, -0.25) is 9.59 Å². The van der Waals surface area contributed by atoms with Gasteiger partial charge in [-0.05, 0) is 12.8 Å². The first-order valence-corrected chi connectivity index (χ1v) is 33.5. The second-order valence-corrected chi connectivity index (χ2v) is 24.6. The standard InChI is InChI=1S/C63H120N2O20/c1-4-6-8-10-12-14-16-18-19-20-21-22-23-24-26-28-30-32-34-36-38-46(71)60(79)65-44(51(72)45(70)37-35-33-31-29-27-25-17-15-13-11-9-7-5-2)42-80-63-59(85-62-57(78)56(77)53(74)48(40-67)82-62)58(54(75)49(41-68)83-63)84-61-50(64-43(3)69)55(76)52(73)47(39-66)81-61/h44-59,61-63,66-68,70-78H,4-42H2,1-3H3,(H,64,69)(H,65,79)/t44-,45+,46+,47+,48+,49+,50+,51-,52-,53+,54-,55+,56-,57+,58-,59+,61+,62+,63-/m0/s1.